The van der Waals surface area contributed by atoms with Gasteiger partial charge in [-0.05, 0) is 219 Å². The summed E-state index contributed by atoms with van der Waals surface area (Å²) in [5, 5.41) is 29.7. The Morgan fingerprint density at radius 1 is 0.395 bits per heavy atom. The van der Waals surface area contributed by atoms with Crippen molar-refractivity contribution in [1.29, 1.82) is 0 Å². The maximum absolute atomic E-state index is 13.6. The largest absolute Gasteiger partial charge is 0.492 e. The van der Waals surface area contributed by atoms with Crippen molar-refractivity contribution >= 4 is 136 Å². The molecular formula is C104H119B2BrF4N18O18. The zero-order valence-corrected chi connectivity index (χ0v) is 83.8. The topological polar surface area (TPSA) is 442 Å². The number of rotatable bonds is 31. The van der Waals surface area contributed by atoms with Gasteiger partial charge in [-0.1, -0.05) is 15.9 Å². The molecule has 43 heteroatoms. The molecule has 7 amide bonds. The lowest BCUT2D eigenvalue weighted by molar-refractivity contribution is 0.0441. The average molecular weight is 2090 g/mol. The van der Waals surface area contributed by atoms with E-state index in [9.17, 15) is 70.3 Å². The number of carbonyl (C=O) groups excluding carboxylic acids is 9. The van der Waals surface area contributed by atoms with E-state index in [0.717, 1.165) is 206 Å². The molecule has 774 valence electrons. The number of hydrogen-bond acceptors (Lipinski definition) is 29. The zero-order valence-electron chi connectivity index (χ0n) is 82.2. The number of aromatic nitrogens is 3. The van der Waals surface area contributed by atoms with Crippen LogP contribution in [0.3, 0.4) is 0 Å². The van der Waals surface area contributed by atoms with Crippen LogP contribution in [0.25, 0.3) is 0 Å². The molecule has 7 aliphatic rings. The van der Waals surface area contributed by atoms with Gasteiger partial charge < -0.3 is 86.2 Å². The number of nitrogens with one attached hydrogen (secondary N) is 4. The van der Waals surface area contributed by atoms with Crippen molar-refractivity contribution in [2.75, 3.05) is 217 Å². The summed E-state index contributed by atoms with van der Waals surface area (Å²) in [6.45, 7) is 29.6. The number of amides is 7. The van der Waals surface area contributed by atoms with Crippen molar-refractivity contribution in [2.24, 2.45) is 5.73 Å². The number of pyridine rings is 3. The predicted molar refractivity (Wildman–Crippen MR) is 556 cm³/mol. The molecule has 17 rings (SSSR count). The number of nitrogen functional groups attached to an aromatic ring is 1. The molecule has 7 aromatic carbocycles. The molecule has 10 heterocycles. The molecule has 147 heavy (non-hydrogen) atoms. The quantitative estimate of drug-likeness (QED) is 0.00380. The number of piperazine rings is 4. The first-order chi connectivity index (χ1) is 71.0. The van der Waals surface area contributed by atoms with E-state index in [1.807, 2.05) is 33.8 Å². The van der Waals surface area contributed by atoms with Crippen LogP contribution < -0.4 is 81.1 Å². The van der Waals surface area contributed by atoms with Gasteiger partial charge in [0.25, 0.3) is 29.5 Å². The number of nitrogens with two attached hydrogens (primary N) is 2. The summed E-state index contributed by atoms with van der Waals surface area (Å²) in [6.07, 6.45) is 12.9. The molecule has 0 unspecified atom stereocenters. The smallest absolute Gasteiger partial charge is 0.346 e. The highest BCUT2D eigenvalue weighted by atomic mass is 79.9. The standard InChI is InChI=1S/C29H30FN5O4.C16H23BFN3O2.C15H24FN3O.C14H8N2O4.C12H17FN2O.C9H4O5.C5H6N2.C4H7BBrNO/c1-2-39-26-19-21(30)5-7-25(26)34-16-14-33(15-17-34)13-3-10-32-27(36)20-4-6-23-24(18-20)29(38)35(28(23)37)22-8-11-31-12-9-22;1-2-23-15-12-13(18)4-5-14(15)21-10-8-20(9-11-21)7-3-6-19-16(17)22;1-2-20-15-12-13(16)4-5-14(15)19-10-8-18(9-11-19)7-3-6-17;17-12-10-2-1-8(14(19)20)7-11(10)13(18)16(12)9-3-5-15-6-4-9;1-2-16-12-9-10(13)3-4-11(12)15-7-5-14-6-8-15;10-7(11)4-1-2-5-6(3-4)9(13)14-8(5)12;6-5-1-3-7-4-2-5;5-4(8)7-3-1-2-6/h4-9,11-12,18-19H,2-3,10,13-17H2,1H3,(H,32,36);4-5,12H,2-3,6-11H2,1H3,(H,19,22);4-5,12H,2-3,6-11,17H2,1H3;1-7H,(H,19,20);3-4,9,14H,2,5-8H2,1H3;1-3H,(H,10,11);1-4H,(H2,6,7);1-3H2,(H,7,8). The monoisotopic (exact) mass is 2080 g/mol. The summed E-state index contributed by atoms with van der Waals surface area (Å²) in [6, 6.07) is 40.8. The Bertz CT molecular complexity index is 6100. The van der Waals surface area contributed by atoms with E-state index in [-0.39, 0.29) is 73.7 Å². The fourth-order valence-corrected chi connectivity index (χ4v) is 16.4. The fraction of sp³-hybridized carbons (Fsp3) is 0.346. The molecule has 4 radical (unpaired) electrons. The molecule has 7 aliphatic heterocycles. The van der Waals surface area contributed by atoms with Gasteiger partial charge in [0.05, 0.1) is 105 Å². The van der Waals surface area contributed by atoms with Gasteiger partial charge in [0.1, 0.15) is 46.3 Å². The minimum Gasteiger partial charge on any atom is -0.492 e. The molecule has 36 nitrogen and oxygen atoms in total. The van der Waals surface area contributed by atoms with Crippen molar-refractivity contribution < 1.29 is 104 Å². The van der Waals surface area contributed by atoms with Gasteiger partial charge in [-0.25, -0.2) is 46.5 Å². The minimum atomic E-state index is -1.15. The number of alkyl halides is 1. The number of halogens is 5. The van der Waals surface area contributed by atoms with E-state index in [0.29, 0.717) is 86.0 Å². The van der Waals surface area contributed by atoms with Crippen molar-refractivity contribution in [3.05, 3.63) is 274 Å². The zero-order chi connectivity index (χ0) is 106. The molecule has 0 bridgehead atoms. The Labute approximate surface area is 860 Å². The Morgan fingerprint density at radius 2 is 0.707 bits per heavy atom. The van der Waals surface area contributed by atoms with Crippen LogP contribution in [0.1, 0.15) is 147 Å². The number of aromatic carboxylic acids is 2. The third kappa shape index (κ3) is 34.1. The van der Waals surface area contributed by atoms with Gasteiger partial charge in [-0.15, -0.1) is 0 Å². The second kappa shape index (κ2) is 58.9. The van der Waals surface area contributed by atoms with Crippen molar-refractivity contribution in [1.82, 2.24) is 50.9 Å². The summed E-state index contributed by atoms with van der Waals surface area (Å²) in [4.78, 5) is 157. The maximum Gasteiger partial charge on any atom is 0.346 e. The molecule has 0 spiro atoms. The number of imide groups is 2. The van der Waals surface area contributed by atoms with E-state index in [1.165, 1.54) is 116 Å². The van der Waals surface area contributed by atoms with Crippen LogP contribution in [0.2, 0.25) is 0 Å². The number of esters is 2. The van der Waals surface area contributed by atoms with E-state index in [2.05, 4.69) is 91.2 Å². The maximum atomic E-state index is 13.6. The molecule has 0 aliphatic carbocycles. The van der Waals surface area contributed by atoms with Crippen LogP contribution in [-0.2, 0) is 4.74 Å². The van der Waals surface area contributed by atoms with E-state index in [1.54, 1.807) is 73.1 Å². The van der Waals surface area contributed by atoms with Crippen LogP contribution in [-0.4, -0.2) is 303 Å². The highest BCUT2D eigenvalue weighted by Crippen LogP contribution is 2.37. The third-order valence-electron chi connectivity index (χ3n) is 23.4. The first kappa shape index (κ1) is 114. The van der Waals surface area contributed by atoms with Gasteiger partial charge in [-0.3, -0.25) is 63.2 Å². The second-order valence-electron chi connectivity index (χ2n) is 33.3. The van der Waals surface area contributed by atoms with Crippen LogP contribution in [0, 0.1) is 23.3 Å². The second-order valence-corrected chi connectivity index (χ2v) is 34.1. The number of nitrogens with zero attached hydrogens (tertiary/aromatic N) is 12. The SMILES string of the molecule is CCOc1cc(F)ccc1N1CCN(CCCN)CC1.CCOc1cc(F)ccc1N1CCN(CCCNC(=O)c2ccc3c(c2)C(=O)N(c2ccncc2)C3=O)CC1.CCOc1cc(F)ccc1N1CCNCC1.Nc1ccncc1.O=C(O)c1ccc2c(c1)C(=O)N(c1ccncc1)C2=O.O=C(O)c1ccc2c(c1)C(=O)OC2=O.[B]C(=O)NCCCBr.[B]C(=O)NCCCN1CCN(c2ccc(F)cc2OCC)CC1. The number of carboxylic acid groups (broad SMARTS) is 2. The van der Waals surface area contributed by atoms with Gasteiger partial charge in [0, 0.05) is 202 Å². The number of ether oxygens (including phenoxy) is 5. The average Bonchev–Trinajstić information content (AvgIpc) is 1.61. The van der Waals surface area contributed by atoms with E-state index in [4.69, 9.17) is 56.3 Å². The van der Waals surface area contributed by atoms with Gasteiger partial charge in [-0.2, -0.15) is 0 Å². The number of anilines is 7. The Morgan fingerprint density at radius 3 is 1.05 bits per heavy atom. The fourth-order valence-electron chi connectivity index (χ4n) is 16.1. The molecule has 0 saturated carbocycles. The Balaban J connectivity index is 0.000000181. The number of hydrogen-bond donors (Lipinski definition) is 8. The molecule has 3 aromatic heterocycles. The normalized spacial score (nSPS) is 14.5. The third-order valence-corrected chi connectivity index (χ3v) is 23.9. The number of cyclic esters (lactones) is 2. The van der Waals surface area contributed by atoms with Crippen LogP contribution in [0.4, 0.5) is 67.0 Å². The van der Waals surface area contributed by atoms with Crippen molar-refractivity contribution in [3.8, 4) is 23.0 Å². The van der Waals surface area contributed by atoms with Crippen molar-refractivity contribution in [2.45, 2.75) is 53.4 Å². The lowest BCUT2D eigenvalue weighted by atomic mass is 10.1. The molecule has 4 saturated heterocycles. The van der Waals surface area contributed by atoms with Gasteiger partial charge >= 0.3 is 23.9 Å². The van der Waals surface area contributed by atoms with E-state index >= 15 is 0 Å². The summed E-state index contributed by atoms with van der Waals surface area (Å²) in [5.41, 5.74) is 17.5. The Hall–Kier alpha value is -14.9. The van der Waals surface area contributed by atoms with Crippen LogP contribution >= 0.6 is 15.9 Å². The number of fused-ring (bicyclic) bond motifs is 3. The number of carboxylic acids is 2. The summed E-state index contributed by atoms with van der Waals surface area (Å²) < 4.78 is 80.0. The first-order valence-electron chi connectivity index (χ1n) is 48.0. The summed E-state index contributed by atoms with van der Waals surface area (Å²) >= 11 is 3.21. The van der Waals surface area contributed by atoms with Gasteiger partial charge in [0.15, 0.2) is 27.3 Å². The number of carbonyl (C=O) groups is 11. The van der Waals surface area contributed by atoms with Gasteiger partial charge in [0.2, 0.25) is 0 Å². The molecule has 0 atom stereocenters. The summed E-state index contributed by atoms with van der Waals surface area (Å²) in [5.74, 6) is -5.54. The highest BCUT2D eigenvalue weighted by Gasteiger charge is 2.40. The van der Waals surface area contributed by atoms with E-state index < -0.39 is 59.1 Å². The van der Waals surface area contributed by atoms with Crippen LogP contribution in [0.15, 0.2) is 201 Å². The lowest BCUT2D eigenvalue weighted by Crippen LogP contribution is -2.47. The van der Waals surface area contributed by atoms with Crippen molar-refractivity contribution in [3.63, 3.8) is 0 Å². The highest BCUT2D eigenvalue weighted by molar-refractivity contribution is 9.09. The molecule has 10 aromatic rings. The lowest BCUT2D eigenvalue weighted by Gasteiger charge is -2.36. The predicted octanol–water partition coefficient (Wildman–Crippen LogP) is 11.9. The Kier molecular flexibility index (Phi) is 45.7. The molecule has 10 N–H and O–H groups in total. The number of benzene rings is 7. The molecular weight excluding hydrogens is 1970 g/mol. The first-order valence-corrected chi connectivity index (χ1v) is 49.1. The van der Waals surface area contributed by atoms with Crippen LogP contribution in [0.5, 0.6) is 23.0 Å². The molecule has 4 fully saturated rings. The summed E-state index contributed by atoms with van der Waals surface area (Å²) in [7, 11) is 9.80. The minimum absolute atomic E-state index is 0.00917.